The summed E-state index contributed by atoms with van der Waals surface area (Å²) in [5.74, 6) is -3.32. The lowest BCUT2D eigenvalue weighted by Crippen LogP contribution is -2.35. The number of carboxylic acid groups (broad SMARTS) is 2. The summed E-state index contributed by atoms with van der Waals surface area (Å²) in [7, 11) is 0. The number of nitrogens with zero attached hydrogens (tertiary/aromatic N) is 3. The molecule has 4 heterocycles. The van der Waals surface area contributed by atoms with E-state index in [1.165, 1.54) is 36.8 Å². The summed E-state index contributed by atoms with van der Waals surface area (Å²) in [6.45, 7) is 12.8. The van der Waals surface area contributed by atoms with Gasteiger partial charge in [-0.25, -0.2) is 14.3 Å². The first kappa shape index (κ1) is 34.0. The van der Waals surface area contributed by atoms with E-state index in [0.29, 0.717) is 0 Å². The van der Waals surface area contributed by atoms with Gasteiger partial charge >= 0.3 is 11.9 Å². The zero-order chi connectivity index (χ0) is 28.1. The van der Waals surface area contributed by atoms with Gasteiger partial charge in [-0.05, 0) is 31.5 Å². The first-order valence-electron chi connectivity index (χ1n) is 11.6. The third kappa shape index (κ3) is 12.4. The van der Waals surface area contributed by atoms with Crippen molar-refractivity contribution in [2.75, 3.05) is 6.54 Å². The number of carbonyl (C=O) groups excluding carboxylic acids is 3. The van der Waals surface area contributed by atoms with Crippen LogP contribution >= 0.6 is 0 Å². The van der Waals surface area contributed by atoms with E-state index < -0.39 is 23.6 Å². The monoisotopic (exact) mass is 508 g/mol. The van der Waals surface area contributed by atoms with Crippen molar-refractivity contribution >= 4 is 29.5 Å². The van der Waals surface area contributed by atoms with Crippen molar-refractivity contribution in [3.05, 3.63) is 48.2 Å². The Morgan fingerprint density at radius 1 is 1.00 bits per heavy atom. The van der Waals surface area contributed by atoms with Gasteiger partial charge in [0.2, 0.25) is 5.78 Å². The van der Waals surface area contributed by atoms with Gasteiger partial charge in [0.25, 0.3) is 11.8 Å². The lowest BCUT2D eigenvalue weighted by atomic mass is 10.2. The van der Waals surface area contributed by atoms with Crippen LogP contribution in [0.5, 0.6) is 0 Å². The molecule has 36 heavy (non-hydrogen) atoms. The summed E-state index contributed by atoms with van der Waals surface area (Å²) < 4.78 is 1.09. The number of aromatic nitrogens is 4. The third-order valence-electron chi connectivity index (χ3n) is 3.80. The molecule has 1 atom stereocenters. The highest BCUT2D eigenvalue weighted by atomic mass is 16.4. The average Bonchev–Trinajstić information content (AvgIpc) is 3.73. The maximum absolute atomic E-state index is 11.7. The van der Waals surface area contributed by atoms with E-state index in [0.717, 1.165) is 24.1 Å². The second-order valence-electron chi connectivity index (χ2n) is 5.88. The number of aromatic amines is 1. The van der Waals surface area contributed by atoms with E-state index in [9.17, 15) is 24.0 Å². The summed E-state index contributed by atoms with van der Waals surface area (Å²) in [5.41, 5.74) is 0.00588. The zero-order valence-corrected chi connectivity index (χ0v) is 21.4. The molecule has 13 heteroatoms. The number of nitrogens with one attached hydrogen (secondary N) is 3. The fraction of sp³-hybridized carbons (Fsp3) is 0.435. The van der Waals surface area contributed by atoms with Gasteiger partial charge in [-0.15, -0.1) is 0 Å². The maximum atomic E-state index is 11.7. The number of amides is 1. The Morgan fingerprint density at radius 3 is 1.94 bits per heavy atom. The number of carbonyl (C=O) groups is 5. The Kier molecular flexibility index (Phi) is 19.2. The molecule has 0 aromatic carbocycles. The molecule has 1 saturated heterocycles. The van der Waals surface area contributed by atoms with Crippen LogP contribution in [0.25, 0.3) is 0 Å². The van der Waals surface area contributed by atoms with Gasteiger partial charge in [-0.3, -0.25) is 19.5 Å². The minimum Gasteiger partial charge on any atom is -0.477 e. The highest BCUT2D eigenvalue weighted by Gasteiger charge is 2.24. The van der Waals surface area contributed by atoms with Crippen LogP contribution in [0.4, 0.5) is 0 Å². The fourth-order valence-corrected chi connectivity index (χ4v) is 2.33. The molecule has 200 valence electrons. The average molecular weight is 509 g/mol. The minimum atomic E-state index is -1.12. The molecule has 4 rings (SSSR count). The molecule has 5 N–H and O–H groups in total. The largest absolute Gasteiger partial charge is 0.477 e. The molecular weight excluding hydrogens is 472 g/mol. The minimum absolute atomic E-state index is 0.110. The van der Waals surface area contributed by atoms with Gasteiger partial charge < -0.3 is 20.8 Å². The van der Waals surface area contributed by atoms with Gasteiger partial charge in [0.1, 0.15) is 5.69 Å². The van der Waals surface area contributed by atoms with Crippen LogP contribution < -0.4 is 10.6 Å². The van der Waals surface area contributed by atoms with Crippen LogP contribution in [-0.4, -0.2) is 72.3 Å². The first-order chi connectivity index (χ1) is 17.3. The van der Waals surface area contributed by atoms with Crippen LogP contribution in [0.3, 0.4) is 0 Å². The van der Waals surface area contributed by atoms with Crippen molar-refractivity contribution < 1.29 is 34.2 Å². The second kappa shape index (κ2) is 20.3. The smallest absolute Gasteiger partial charge is 0.356 e. The lowest BCUT2D eigenvalue weighted by Gasteiger charge is -2.07. The summed E-state index contributed by atoms with van der Waals surface area (Å²) in [6.07, 6.45) is 7.03. The van der Waals surface area contributed by atoms with Crippen LogP contribution in [0.15, 0.2) is 36.8 Å². The summed E-state index contributed by atoms with van der Waals surface area (Å²) in [6, 6.07) is 2.48. The molecule has 13 nitrogen and oxygen atoms in total. The number of aromatic carboxylic acids is 2. The first-order valence-corrected chi connectivity index (χ1v) is 11.6. The van der Waals surface area contributed by atoms with Gasteiger partial charge in [0.05, 0.1) is 6.04 Å². The lowest BCUT2D eigenvalue weighted by molar-refractivity contribution is -0.133. The van der Waals surface area contributed by atoms with E-state index >= 15 is 0 Å². The second-order valence-corrected chi connectivity index (χ2v) is 5.88. The highest BCUT2D eigenvalue weighted by molar-refractivity contribution is 6.42. The number of H-pyrrole nitrogens is 1. The van der Waals surface area contributed by atoms with Crippen LogP contribution in [0.2, 0.25) is 0 Å². The third-order valence-corrected chi connectivity index (χ3v) is 3.80. The Labute approximate surface area is 210 Å². The Balaban J connectivity index is 0. The Bertz CT molecular complexity index is 962. The van der Waals surface area contributed by atoms with Crippen molar-refractivity contribution in [1.29, 1.82) is 0 Å². The molecular formula is C23H36N6O7. The van der Waals surface area contributed by atoms with E-state index in [-0.39, 0.29) is 23.3 Å². The molecule has 1 amide bonds. The Morgan fingerprint density at radius 2 is 1.64 bits per heavy atom. The molecule has 2 aromatic rings. The van der Waals surface area contributed by atoms with E-state index in [1.807, 2.05) is 41.5 Å². The normalized spacial score (nSPS) is 14.4. The van der Waals surface area contributed by atoms with Crippen molar-refractivity contribution in [3.63, 3.8) is 0 Å². The van der Waals surface area contributed by atoms with Crippen molar-refractivity contribution in [2.24, 2.45) is 0 Å². The van der Waals surface area contributed by atoms with E-state index in [2.05, 4.69) is 25.9 Å². The van der Waals surface area contributed by atoms with Crippen molar-refractivity contribution in [2.45, 2.75) is 60.4 Å². The number of rotatable bonds is 3. The molecule has 2 aromatic heterocycles. The Hall–Kier alpha value is -4.13. The summed E-state index contributed by atoms with van der Waals surface area (Å²) >= 11 is 0. The molecule has 2 aliphatic rings. The molecule has 0 spiro atoms. The highest BCUT2D eigenvalue weighted by Crippen LogP contribution is 2.07. The molecule has 1 fully saturated rings. The topological polar surface area (TPSA) is 196 Å². The van der Waals surface area contributed by atoms with Crippen LogP contribution in [-0.2, 0) is 9.59 Å². The van der Waals surface area contributed by atoms with Gasteiger partial charge in [-0.1, -0.05) is 41.5 Å². The van der Waals surface area contributed by atoms with Crippen LogP contribution in [0.1, 0.15) is 80.2 Å². The maximum Gasteiger partial charge on any atom is 0.356 e. The van der Waals surface area contributed by atoms with E-state index in [4.69, 9.17) is 10.2 Å². The summed E-state index contributed by atoms with van der Waals surface area (Å²) in [5, 5.41) is 31.5. The van der Waals surface area contributed by atoms with Crippen LogP contribution in [0, 0.1) is 0 Å². The summed E-state index contributed by atoms with van der Waals surface area (Å²) in [4.78, 5) is 52.4. The quantitative estimate of drug-likeness (QED) is 0.384. The van der Waals surface area contributed by atoms with Gasteiger partial charge in [0.15, 0.2) is 5.69 Å². The number of ketones is 1. The van der Waals surface area contributed by atoms with E-state index in [1.54, 1.807) is 0 Å². The molecule has 2 aliphatic heterocycles. The molecule has 0 bridgehead atoms. The number of hydrogen-bond donors (Lipinski definition) is 5. The predicted octanol–water partition coefficient (Wildman–Crippen LogP) is 2.36. The van der Waals surface area contributed by atoms with Gasteiger partial charge in [0, 0.05) is 24.7 Å². The van der Waals surface area contributed by atoms with Gasteiger partial charge in [-0.2, -0.15) is 10.2 Å². The standard InChI is InChI=1S/C9H11N3O3.C4H4N2O2.C4H3NO2.3C2H6/c13-8(6-2-1-4-10-6)12-5-3-7(11-12)9(14)15;7-4(8)3-1-2-5-6-3;6-3-1-2-5-4(3)7;3*1-2/h3,5-6,10H,1-2,4H2,(H,14,15);1-2H,(H,5,6)(H,7,8);1-2H,(H,5,6,7);3*1-2H3/t6-;;;;;/m0...../s1. The number of hydrogen-bond acceptors (Lipinski definition) is 8. The molecule has 0 unspecified atom stereocenters. The number of carboxylic acids is 2. The molecule has 0 radical (unpaired) electrons. The molecule has 0 aliphatic carbocycles. The molecule has 0 saturated carbocycles. The predicted molar refractivity (Wildman–Crippen MR) is 133 cm³/mol. The fourth-order valence-electron chi connectivity index (χ4n) is 2.33. The van der Waals surface area contributed by atoms with Crippen molar-refractivity contribution in [1.82, 2.24) is 30.6 Å². The van der Waals surface area contributed by atoms with Crippen molar-refractivity contribution in [3.8, 4) is 0 Å². The SMILES string of the molecule is CC.CC.CC.O=C(O)c1ccn(C(=O)[C@@H]2CCCN2)n1.O=C(O)c1ccn[nH]1.O=C1C=CNC1=O. The zero-order valence-electron chi connectivity index (χ0n) is 21.4.